The number of aliphatic imine (C=N–C) groups is 2. The van der Waals surface area contributed by atoms with Crippen LogP contribution in [0.15, 0.2) is 58.0 Å². The summed E-state index contributed by atoms with van der Waals surface area (Å²) in [6.07, 6.45) is 1.74. The second-order valence-electron chi connectivity index (χ2n) is 7.06. The van der Waals surface area contributed by atoms with E-state index in [0.29, 0.717) is 41.5 Å². The minimum Gasteiger partial charge on any atom is -0.485 e. The van der Waals surface area contributed by atoms with E-state index in [1.807, 2.05) is 37.6 Å². The van der Waals surface area contributed by atoms with Crippen molar-refractivity contribution in [2.75, 3.05) is 24.3 Å². The first-order valence-electron chi connectivity index (χ1n) is 9.96. The molecule has 1 unspecified atom stereocenters. The van der Waals surface area contributed by atoms with Crippen molar-refractivity contribution >= 4 is 51.9 Å². The Labute approximate surface area is 195 Å². The Morgan fingerprint density at radius 2 is 2.22 bits per heavy atom. The average molecular weight is 471 g/mol. The molecule has 166 valence electrons. The van der Waals surface area contributed by atoms with Crippen molar-refractivity contribution in [3.63, 3.8) is 0 Å². The molecule has 1 aromatic heterocycles. The molecule has 2 aromatic carbocycles. The van der Waals surface area contributed by atoms with Gasteiger partial charge < -0.3 is 25.8 Å². The summed E-state index contributed by atoms with van der Waals surface area (Å²) in [6, 6.07) is 11.7. The van der Waals surface area contributed by atoms with Gasteiger partial charge in [-0.05, 0) is 43.3 Å². The lowest BCUT2D eigenvalue weighted by molar-refractivity contribution is 0.306. The number of anilines is 2. The number of hydrogen-bond acceptors (Lipinski definition) is 8. The number of aromatic nitrogens is 1. The van der Waals surface area contributed by atoms with E-state index in [-0.39, 0.29) is 6.04 Å². The number of benzene rings is 2. The molecular weight excluding hydrogens is 448 g/mol. The predicted octanol–water partition coefficient (Wildman–Crippen LogP) is 4.64. The number of halogens is 1. The standard InChI is InChI=1S/C22H23ClN6O2S/c1-13-11-31-22(27-13)29-14-3-5-18(25-2)16(9-14)21(24)28-15-4-6-19(17(23)10-15)30-12-20-26-7-8-32-20/h3-10,13,25H,11-12H2,1-2H3,(H2,24,28)(H,27,29). The van der Waals surface area contributed by atoms with Crippen molar-refractivity contribution in [3.8, 4) is 5.75 Å². The van der Waals surface area contributed by atoms with Crippen LogP contribution in [0.2, 0.25) is 5.02 Å². The van der Waals surface area contributed by atoms with Crippen molar-refractivity contribution in [3.05, 3.63) is 63.6 Å². The lowest BCUT2D eigenvalue weighted by atomic mass is 10.1. The molecule has 0 saturated heterocycles. The number of nitrogens with one attached hydrogen (secondary N) is 2. The number of ether oxygens (including phenoxy) is 2. The fourth-order valence-electron chi connectivity index (χ4n) is 3.06. The molecule has 10 heteroatoms. The molecule has 32 heavy (non-hydrogen) atoms. The molecule has 0 amide bonds. The van der Waals surface area contributed by atoms with Crippen LogP contribution in [0.5, 0.6) is 5.75 Å². The predicted molar refractivity (Wildman–Crippen MR) is 131 cm³/mol. The van der Waals surface area contributed by atoms with Crippen molar-refractivity contribution in [1.82, 2.24) is 4.98 Å². The van der Waals surface area contributed by atoms with Crippen LogP contribution in [0.4, 0.5) is 17.1 Å². The van der Waals surface area contributed by atoms with Crippen LogP contribution >= 0.6 is 22.9 Å². The summed E-state index contributed by atoms with van der Waals surface area (Å²) in [5.41, 5.74) is 9.35. The first kappa shape index (κ1) is 21.9. The fourth-order valence-corrected chi connectivity index (χ4v) is 3.81. The Hall–Kier alpha value is -3.30. The molecule has 3 aromatic rings. The van der Waals surface area contributed by atoms with Crippen molar-refractivity contribution in [2.24, 2.45) is 15.7 Å². The second kappa shape index (κ2) is 9.88. The summed E-state index contributed by atoms with van der Waals surface area (Å²) >= 11 is 7.92. The summed E-state index contributed by atoms with van der Waals surface area (Å²) in [5.74, 6) is 0.904. The van der Waals surface area contributed by atoms with Gasteiger partial charge in [0.2, 0.25) is 0 Å². The second-order valence-corrected chi connectivity index (χ2v) is 8.44. The number of hydrogen-bond donors (Lipinski definition) is 3. The van der Waals surface area contributed by atoms with Gasteiger partial charge in [-0.25, -0.2) is 15.0 Å². The Bertz CT molecular complexity index is 1150. The Balaban J connectivity index is 1.52. The molecule has 2 heterocycles. The highest BCUT2D eigenvalue weighted by atomic mass is 35.5. The van der Waals surface area contributed by atoms with Gasteiger partial charge in [-0.3, -0.25) is 0 Å². The fraction of sp³-hybridized carbons (Fsp3) is 0.227. The molecular formula is C22H23ClN6O2S. The summed E-state index contributed by atoms with van der Waals surface area (Å²) in [7, 11) is 1.83. The van der Waals surface area contributed by atoms with E-state index in [1.54, 1.807) is 24.4 Å². The van der Waals surface area contributed by atoms with Crippen LogP contribution in [0.1, 0.15) is 17.5 Å². The van der Waals surface area contributed by atoms with Gasteiger partial charge in [-0.1, -0.05) is 11.6 Å². The zero-order valence-electron chi connectivity index (χ0n) is 17.6. The van der Waals surface area contributed by atoms with Gasteiger partial charge in [0.05, 0.1) is 16.8 Å². The smallest absolute Gasteiger partial charge is 0.289 e. The van der Waals surface area contributed by atoms with Crippen molar-refractivity contribution in [1.29, 1.82) is 0 Å². The van der Waals surface area contributed by atoms with Gasteiger partial charge in [-0.15, -0.1) is 11.3 Å². The third kappa shape index (κ3) is 5.30. The van der Waals surface area contributed by atoms with Gasteiger partial charge in [0.15, 0.2) is 0 Å². The number of amidine groups is 2. The molecule has 0 radical (unpaired) electrons. The Morgan fingerprint density at radius 1 is 1.34 bits per heavy atom. The zero-order valence-corrected chi connectivity index (χ0v) is 19.2. The maximum atomic E-state index is 6.39. The zero-order chi connectivity index (χ0) is 22.5. The van der Waals surface area contributed by atoms with Crippen molar-refractivity contribution in [2.45, 2.75) is 19.6 Å². The minimum absolute atomic E-state index is 0.137. The number of nitrogens with zero attached hydrogens (tertiary/aromatic N) is 3. The highest BCUT2D eigenvalue weighted by Crippen LogP contribution is 2.30. The number of rotatable bonds is 7. The van der Waals surface area contributed by atoms with Crippen LogP contribution in [-0.2, 0) is 11.3 Å². The highest BCUT2D eigenvalue weighted by Gasteiger charge is 2.15. The Kier molecular flexibility index (Phi) is 6.77. The van der Waals surface area contributed by atoms with Gasteiger partial charge in [-0.2, -0.15) is 0 Å². The molecule has 4 N–H and O–H groups in total. The molecule has 4 rings (SSSR count). The lowest BCUT2D eigenvalue weighted by Crippen LogP contribution is -2.17. The third-order valence-electron chi connectivity index (χ3n) is 4.61. The van der Waals surface area contributed by atoms with E-state index in [0.717, 1.165) is 21.9 Å². The van der Waals surface area contributed by atoms with Crippen LogP contribution in [0.3, 0.4) is 0 Å². The quantitative estimate of drug-likeness (QED) is 0.343. The lowest BCUT2D eigenvalue weighted by Gasteiger charge is -2.13. The van der Waals surface area contributed by atoms with Gasteiger partial charge in [0.25, 0.3) is 6.02 Å². The van der Waals surface area contributed by atoms with Gasteiger partial charge in [0.1, 0.15) is 29.8 Å². The third-order valence-corrected chi connectivity index (χ3v) is 5.66. The monoisotopic (exact) mass is 470 g/mol. The van der Waals surface area contributed by atoms with Crippen LogP contribution in [0, 0.1) is 0 Å². The van der Waals surface area contributed by atoms with Crippen LogP contribution < -0.4 is 21.1 Å². The molecule has 0 spiro atoms. The SMILES string of the molecule is CNc1ccc(NC2=NC(C)CO2)cc1C(N)=Nc1ccc(OCc2nccs2)c(Cl)c1. The summed E-state index contributed by atoms with van der Waals surface area (Å²) in [6.45, 7) is 2.92. The van der Waals surface area contributed by atoms with E-state index in [9.17, 15) is 0 Å². The summed E-state index contributed by atoms with van der Waals surface area (Å²) in [5, 5.41) is 9.54. The molecule has 1 atom stereocenters. The summed E-state index contributed by atoms with van der Waals surface area (Å²) in [4.78, 5) is 13.1. The van der Waals surface area contributed by atoms with E-state index in [2.05, 4.69) is 25.6 Å². The van der Waals surface area contributed by atoms with Gasteiger partial charge >= 0.3 is 0 Å². The largest absolute Gasteiger partial charge is 0.485 e. The van der Waals surface area contributed by atoms with Crippen LogP contribution in [0.25, 0.3) is 0 Å². The van der Waals surface area contributed by atoms with Crippen LogP contribution in [-0.4, -0.2) is 36.5 Å². The first-order chi connectivity index (χ1) is 15.5. The molecule has 0 saturated carbocycles. The molecule has 1 aliphatic heterocycles. The van der Waals surface area contributed by atoms with Crippen molar-refractivity contribution < 1.29 is 9.47 Å². The topological polar surface area (TPSA) is 106 Å². The van der Waals surface area contributed by atoms with E-state index in [4.69, 9.17) is 26.8 Å². The number of nitrogens with two attached hydrogens (primary N) is 1. The highest BCUT2D eigenvalue weighted by molar-refractivity contribution is 7.09. The maximum Gasteiger partial charge on any atom is 0.289 e. The molecule has 8 nitrogen and oxygen atoms in total. The number of thiazole rings is 1. The maximum absolute atomic E-state index is 6.39. The molecule has 0 bridgehead atoms. The molecule has 0 aliphatic carbocycles. The molecule has 1 aliphatic rings. The summed E-state index contributed by atoms with van der Waals surface area (Å²) < 4.78 is 11.3. The van der Waals surface area contributed by atoms with E-state index < -0.39 is 0 Å². The van der Waals surface area contributed by atoms with Gasteiger partial charge in [0, 0.05) is 35.6 Å². The van der Waals surface area contributed by atoms with E-state index >= 15 is 0 Å². The Morgan fingerprint density at radius 3 is 2.91 bits per heavy atom. The first-order valence-corrected chi connectivity index (χ1v) is 11.2. The normalized spacial score (nSPS) is 15.8. The average Bonchev–Trinajstić information content (AvgIpc) is 3.45. The minimum atomic E-state index is 0.137. The van der Waals surface area contributed by atoms with E-state index in [1.165, 1.54) is 11.3 Å². The molecule has 0 fully saturated rings.